The molecule has 0 aromatic heterocycles. The smallest absolute Gasteiger partial charge is 0.0638 e. The van der Waals surface area contributed by atoms with Gasteiger partial charge in [-0.25, -0.2) is 0 Å². The lowest BCUT2D eigenvalue weighted by molar-refractivity contribution is 0.129. The summed E-state index contributed by atoms with van der Waals surface area (Å²) in [6, 6.07) is 3.36. The molecule has 0 N–H and O–H groups in total. The minimum atomic E-state index is 0.412. The van der Waals surface area contributed by atoms with Crippen LogP contribution in [0.2, 0.25) is 0 Å². The van der Waals surface area contributed by atoms with Crippen LogP contribution in [0.1, 0.15) is 33.6 Å². The summed E-state index contributed by atoms with van der Waals surface area (Å²) in [6.45, 7) is 10.1. The van der Waals surface area contributed by atoms with Crippen molar-refractivity contribution in [3.05, 3.63) is 0 Å². The Kier molecular flexibility index (Phi) is 5.24. The summed E-state index contributed by atoms with van der Waals surface area (Å²) in [5.41, 5.74) is 0. The van der Waals surface area contributed by atoms with Crippen LogP contribution in [0.15, 0.2) is 0 Å². The van der Waals surface area contributed by atoms with Gasteiger partial charge in [-0.1, -0.05) is 13.8 Å². The molecule has 0 radical (unpaired) electrons. The molecule has 1 fully saturated rings. The topological polar surface area (TPSA) is 30.3 Å². The highest BCUT2D eigenvalue weighted by molar-refractivity contribution is 4.89. The summed E-state index contributed by atoms with van der Waals surface area (Å²) >= 11 is 0. The molecule has 1 aliphatic heterocycles. The molecular formula is C13H25N3. The summed E-state index contributed by atoms with van der Waals surface area (Å²) in [4.78, 5) is 4.90. The van der Waals surface area contributed by atoms with Crippen molar-refractivity contribution in [3.63, 3.8) is 0 Å². The minimum Gasteiger partial charge on any atom is -0.305 e. The fourth-order valence-corrected chi connectivity index (χ4v) is 2.53. The second-order valence-electron chi connectivity index (χ2n) is 5.51. The Morgan fingerprint density at radius 2 is 2.12 bits per heavy atom. The monoisotopic (exact) mass is 223 g/mol. The van der Waals surface area contributed by atoms with Crippen molar-refractivity contribution in [2.45, 2.75) is 45.7 Å². The van der Waals surface area contributed by atoms with Crippen LogP contribution in [0.3, 0.4) is 0 Å². The highest BCUT2D eigenvalue weighted by Crippen LogP contribution is 2.19. The van der Waals surface area contributed by atoms with Crippen molar-refractivity contribution < 1.29 is 0 Å². The molecule has 0 aromatic rings. The second-order valence-corrected chi connectivity index (χ2v) is 5.51. The molecule has 0 aromatic carbocycles. The molecule has 1 rings (SSSR count). The van der Waals surface area contributed by atoms with Gasteiger partial charge < -0.3 is 4.90 Å². The van der Waals surface area contributed by atoms with E-state index in [1.807, 2.05) is 0 Å². The van der Waals surface area contributed by atoms with Gasteiger partial charge >= 0.3 is 0 Å². The number of nitrogens with zero attached hydrogens (tertiary/aromatic N) is 3. The first-order chi connectivity index (χ1) is 7.54. The minimum absolute atomic E-state index is 0.412. The van der Waals surface area contributed by atoms with Crippen LogP contribution < -0.4 is 0 Å². The first-order valence-electron chi connectivity index (χ1n) is 6.35. The Balaban J connectivity index is 2.73. The Labute approximate surface area is 100 Å². The van der Waals surface area contributed by atoms with Crippen LogP contribution in [-0.2, 0) is 0 Å². The van der Waals surface area contributed by atoms with E-state index in [-0.39, 0.29) is 0 Å². The standard InChI is InChI=1S/C13H25N3/c1-11(2)9-16-12(3)6-8-15(4)10-13(16)5-7-14/h11-13H,5-6,8-10H2,1-4H3. The summed E-state index contributed by atoms with van der Waals surface area (Å²) in [5, 5.41) is 8.94. The molecule has 0 spiro atoms. The van der Waals surface area contributed by atoms with Gasteiger partial charge in [0.1, 0.15) is 0 Å². The van der Waals surface area contributed by atoms with Crippen LogP contribution in [0.4, 0.5) is 0 Å². The zero-order valence-corrected chi connectivity index (χ0v) is 11.1. The van der Waals surface area contributed by atoms with E-state index in [1.54, 1.807) is 0 Å². The predicted molar refractivity (Wildman–Crippen MR) is 67.1 cm³/mol. The van der Waals surface area contributed by atoms with Gasteiger partial charge in [-0.05, 0) is 32.9 Å². The number of rotatable bonds is 3. The third kappa shape index (κ3) is 3.77. The van der Waals surface area contributed by atoms with E-state index in [0.29, 0.717) is 24.4 Å². The second kappa shape index (κ2) is 6.22. The van der Waals surface area contributed by atoms with E-state index in [1.165, 1.54) is 6.42 Å². The Morgan fingerprint density at radius 3 is 2.69 bits per heavy atom. The maximum absolute atomic E-state index is 8.94. The maximum Gasteiger partial charge on any atom is 0.0638 e. The third-order valence-electron chi connectivity index (χ3n) is 3.39. The van der Waals surface area contributed by atoms with Crippen LogP contribution >= 0.6 is 0 Å². The molecule has 0 bridgehead atoms. The van der Waals surface area contributed by atoms with Crippen LogP contribution in [0, 0.1) is 17.2 Å². The van der Waals surface area contributed by atoms with Gasteiger partial charge in [-0.3, -0.25) is 4.90 Å². The fourth-order valence-electron chi connectivity index (χ4n) is 2.53. The number of hydrogen-bond donors (Lipinski definition) is 0. The molecule has 0 aliphatic carbocycles. The number of hydrogen-bond acceptors (Lipinski definition) is 3. The molecule has 92 valence electrons. The van der Waals surface area contributed by atoms with Gasteiger partial charge in [0, 0.05) is 25.2 Å². The van der Waals surface area contributed by atoms with Crippen molar-refractivity contribution in [3.8, 4) is 6.07 Å². The molecule has 0 amide bonds. The van der Waals surface area contributed by atoms with E-state index in [0.717, 1.165) is 19.6 Å². The molecule has 16 heavy (non-hydrogen) atoms. The van der Waals surface area contributed by atoms with E-state index in [2.05, 4.69) is 43.7 Å². The number of likely N-dealkylation sites (N-methyl/N-ethyl adjacent to an activating group) is 1. The van der Waals surface area contributed by atoms with Gasteiger partial charge in [-0.2, -0.15) is 5.26 Å². The molecule has 1 saturated heterocycles. The lowest BCUT2D eigenvalue weighted by Crippen LogP contribution is -2.45. The van der Waals surface area contributed by atoms with Gasteiger partial charge in [-0.15, -0.1) is 0 Å². The first kappa shape index (κ1) is 13.5. The van der Waals surface area contributed by atoms with E-state index >= 15 is 0 Å². The average Bonchev–Trinajstić information content (AvgIpc) is 2.32. The molecule has 2 atom stereocenters. The molecule has 1 heterocycles. The summed E-state index contributed by atoms with van der Waals surface area (Å²) in [7, 11) is 2.16. The van der Waals surface area contributed by atoms with E-state index in [9.17, 15) is 0 Å². The summed E-state index contributed by atoms with van der Waals surface area (Å²) in [5.74, 6) is 0.673. The Hall–Kier alpha value is -0.590. The SMILES string of the molecule is CC(C)CN1C(C)CCN(C)CC1CC#N. The maximum atomic E-state index is 8.94. The average molecular weight is 223 g/mol. The Morgan fingerprint density at radius 1 is 1.44 bits per heavy atom. The molecule has 2 unspecified atom stereocenters. The van der Waals surface area contributed by atoms with Crippen LogP contribution in [-0.4, -0.2) is 48.6 Å². The predicted octanol–water partition coefficient (Wildman–Crippen LogP) is 1.95. The third-order valence-corrected chi connectivity index (χ3v) is 3.39. The van der Waals surface area contributed by atoms with Crippen molar-refractivity contribution in [2.24, 2.45) is 5.92 Å². The Bertz CT molecular complexity index is 244. The largest absolute Gasteiger partial charge is 0.305 e. The van der Waals surface area contributed by atoms with E-state index < -0.39 is 0 Å². The fraction of sp³-hybridized carbons (Fsp3) is 0.923. The van der Waals surface area contributed by atoms with Crippen LogP contribution in [0.5, 0.6) is 0 Å². The molecular weight excluding hydrogens is 198 g/mol. The highest BCUT2D eigenvalue weighted by atomic mass is 15.2. The zero-order valence-electron chi connectivity index (χ0n) is 11.1. The summed E-state index contributed by atoms with van der Waals surface area (Å²) < 4.78 is 0. The lowest BCUT2D eigenvalue weighted by atomic mass is 10.1. The molecule has 0 saturated carbocycles. The lowest BCUT2D eigenvalue weighted by Gasteiger charge is -2.34. The summed E-state index contributed by atoms with van der Waals surface area (Å²) in [6.07, 6.45) is 1.87. The normalized spacial score (nSPS) is 29.0. The first-order valence-corrected chi connectivity index (χ1v) is 6.35. The van der Waals surface area contributed by atoms with Gasteiger partial charge in [0.25, 0.3) is 0 Å². The molecule has 1 aliphatic rings. The molecule has 3 nitrogen and oxygen atoms in total. The highest BCUT2D eigenvalue weighted by Gasteiger charge is 2.28. The van der Waals surface area contributed by atoms with Crippen molar-refractivity contribution in [1.29, 1.82) is 5.26 Å². The molecule has 3 heteroatoms. The quantitative estimate of drug-likeness (QED) is 0.732. The zero-order chi connectivity index (χ0) is 12.1. The van der Waals surface area contributed by atoms with Crippen molar-refractivity contribution in [2.75, 3.05) is 26.7 Å². The number of nitriles is 1. The van der Waals surface area contributed by atoms with E-state index in [4.69, 9.17) is 5.26 Å². The van der Waals surface area contributed by atoms with Crippen LogP contribution in [0.25, 0.3) is 0 Å². The van der Waals surface area contributed by atoms with Crippen molar-refractivity contribution >= 4 is 0 Å². The van der Waals surface area contributed by atoms with Gasteiger partial charge in [0.05, 0.1) is 12.5 Å². The van der Waals surface area contributed by atoms with Gasteiger partial charge in [0.2, 0.25) is 0 Å². The van der Waals surface area contributed by atoms with Crippen molar-refractivity contribution in [1.82, 2.24) is 9.80 Å². The van der Waals surface area contributed by atoms with Gasteiger partial charge in [0.15, 0.2) is 0 Å².